The highest BCUT2D eigenvalue weighted by Crippen LogP contribution is 2.68. The van der Waals surface area contributed by atoms with E-state index in [2.05, 4.69) is 4.98 Å². The molecule has 0 unspecified atom stereocenters. The van der Waals surface area contributed by atoms with Crippen LogP contribution in [0.2, 0.25) is 0 Å². The number of thiazole rings is 1. The molecule has 194 valence electrons. The lowest BCUT2D eigenvalue weighted by Gasteiger charge is -2.43. The van der Waals surface area contributed by atoms with E-state index in [9.17, 15) is 24.3 Å². The van der Waals surface area contributed by atoms with Crippen molar-refractivity contribution in [2.24, 2.45) is 29.6 Å². The molecule has 10 heteroatoms. The maximum absolute atomic E-state index is 13.3. The van der Waals surface area contributed by atoms with Crippen molar-refractivity contribution in [1.82, 2.24) is 9.88 Å². The monoisotopic (exact) mass is 548 g/mol. The maximum Gasteiger partial charge on any atom is 0.323 e. The summed E-state index contributed by atoms with van der Waals surface area (Å²) in [6.07, 6.45) is 0.768. The summed E-state index contributed by atoms with van der Waals surface area (Å²) in [5.41, 5.74) is 2.13. The second-order valence-electron chi connectivity index (χ2n) is 10.5. The topological polar surface area (TPSA) is 117 Å². The Kier molecular flexibility index (Phi) is 5.52. The molecule has 4 aliphatic rings. The normalized spacial score (nSPS) is 30.7. The van der Waals surface area contributed by atoms with Gasteiger partial charge in [-0.15, -0.1) is 11.8 Å². The Hall–Kier alpha value is -3.37. The first-order valence-electron chi connectivity index (χ1n) is 12.6. The number of carboxylic acid groups (broad SMARTS) is 1. The van der Waals surface area contributed by atoms with Gasteiger partial charge in [-0.05, 0) is 47.4 Å². The third-order valence-corrected chi connectivity index (χ3v) is 11.2. The Bertz CT molecular complexity index is 1500. The lowest BCUT2D eigenvalue weighted by molar-refractivity contribution is -0.149. The number of carbonyl (C=O) groups is 3. The molecule has 2 aromatic carbocycles. The Labute approximate surface area is 226 Å². The zero-order valence-corrected chi connectivity index (χ0v) is 21.7. The molecular weight excluding hydrogens is 524 g/mol. The molecule has 7 atom stereocenters. The fourth-order valence-electron chi connectivity index (χ4n) is 7.26. The molecule has 3 fully saturated rings. The quantitative estimate of drug-likeness (QED) is 0.453. The van der Waals surface area contributed by atoms with Crippen molar-refractivity contribution in [2.75, 3.05) is 6.54 Å². The Morgan fingerprint density at radius 1 is 1.00 bits per heavy atom. The Morgan fingerprint density at radius 2 is 1.71 bits per heavy atom. The van der Waals surface area contributed by atoms with Crippen LogP contribution in [-0.4, -0.2) is 44.6 Å². The third kappa shape index (κ3) is 3.57. The molecule has 1 aromatic heterocycles. The number of likely N-dealkylation sites (tertiary alicyclic amines) is 1. The SMILES string of the molecule is O=C(O)CN1C(=O)[C@@H]2[C@H]3C[C@@H]([C@@H]2C1=O)[C@@H]1[C@@H](c2ccc(OCc4ccccc4)cc2)c2sc(=O)[nH]c2S[C@@H]31. The van der Waals surface area contributed by atoms with Gasteiger partial charge >= 0.3 is 10.8 Å². The van der Waals surface area contributed by atoms with E-state index in [0.29, 0.717) is 6.61 Å². The first kappa shape index (κ1) is 23.7. The second-order valence-corrected chi connectivity index (χ2v) is 12.7. The minimum Gasteiger partial charge on any atom is -0.489 e. The lowest BCUT2D eigenvalue weighted by atomic mass is 9.68. The van der Waals surface area contributed by atoms with E-state index in [0.717, 1.165) is 38.1 Å². The number of nitrogens with zero attached hydrogens (tertiary/aromatic N) is 1. The molecule has 2 N–H and O–H groups in total. The summed E-state index contributed by atoms with van der Waals surface area (Å²) >= 11 is 2.83. The van der Waals surface area contributed by atoms with Gasteiger partial charge in [0.1, 0.15) is 18.9 Å². The molecule has 3 heterocycles. The van der Waals surface area contributed by atoms with Crippen molar-refractivity contribution < 1.29 is 24.2 Å². The summed E-state index contributed by atoms with van der Waals surface area (Å²) in [6.45, 7) is -0.120. The number of hydrogen-bond donors (Lipinski definition) is 2. The predicted octanol–water partition coefficient (Wildman–Crippen LogP) is 3.57. The molecule has 8 nitrogen and oxygen atoms in total. The summed E-state index contributed by atoms with van der Waals surface area (Å²) in [6, 6.07) is 17.9. The number of thioether (sulfide) groups is 1. The zero-order chi connectivity index (χ0) is 26.1. The molecule has 0 radical (unpaired) electrons. The first-order valence-corrected chi connectivity index (χ1v) is 14.3. The molecule has 1 saturated heterocycles. The lowest BCUT2D eigenvalue weighted by Crippen LogP contribution is -2.42. The number of carboxylic acids is 1. The number of amides is 2. The molecule has 7 rings (SSSR count). The van der Waals surface area contributed by atoms with Crippen molar-refractivity contribution >= 4 is 40.9 Å². The number of hydrogen-bond acceptors (Lipinski definition) is 7. The number of ether oxygens (including phenoxy) is 1. The number of aliphatic carboxylic acids is 1. The molecule has 2 aliphatic heterocycles. The van der Waals surface area contributed by atoms with Gasteiger partial charge in [-0.25, -0.2) is 0 Å². The molecule has 2 bridgehead atoms. The smallest absolute Gasteiger partial charge is 0.323 e. The average molecular weight is 549 g/mol. The molecule has 3 aromatic rings. The minimum absolute atomic E-state index is 0.0252. The highest BCUT2D eigenvalue weighted by molar-refractivity contribution is 8.00. The number of fused-ring (bicyclic) bond motifs is 9. The van der Waals surface area contributed by atoms with E-state index in [1.54, 1.807) is 11.8 Å². The van der Waals surface area contributed by atoms with E-state index >= 15 is 0 Å². The summed E-state index contributed by atoms with van der Waals surface area (Å²) in [5, 5.41) is 10.2. The highest BCUT2D eigenvalue weighted by Gasteiger charge is 2.69. The number of carbonyl (C=O) groups excluding carboxylic acids is 2. The van der Waals surface area contributed by atoms with Crippen molar-refractivity contribution in [2.45, 2.75) is 29.2 Å². The fraction of sp³-hybridized carbons (Fsp3) is 0.357. The van der Waals surface area contributed by atoms with Gasteiger partial charge in [-0.1, -0.05) is 53.8 Å². The maximum atomic E-state index is 13.3. The van der Waals surface area contributed by atoms with Crippen molar-refractivity contribution in [3.05, 3.63) is 80.3 Å². The van der Waals surface area contributed by atoms with Crippen LogP contribution in [0.3, 0.4) is 0 Å². The van der Waals surface area contributed by atoms with Crippen molar-refractivity contribution in [3.8, 4) is 5.75 Å². The van der Waals surface area contributed by atoms with Crippen LogP contribution in [-0.2, 0) is 21.0 Å². The summed E-state index contributed by atoms with van der Waals surface area (Å²) < 4.78 is 5.98. The number of imide groups is 1. The van der Waals surface area contributed by atoms with Gasteiger partial charge in [-0.3, -0.25) is 24.1 Å². The van der Waals surface area contributed by atoms with Gasteiger partial charge in [0.2, 0.25) is 11.8 Å². The molecule has 0 spiro atoms. The van der Waals surface area contributed by atoms with Crippen LogP contribution in [0.1, 0.15) is 28.3 Å². The molecule has 2 aliphatic carbocycles. The third-order valence-electron chi connectivity index (χ3n) is 8.60. The summed E-state index contributed by atoms with van der Waals surface area (Å²) in [5.74, 6) is -2.18. The predicted molar refractivity (Wildman–Crippen MR) is 140 cm³/mol. The van der Waals surface area contributed by atoms with Crippen LogP contribution in [0.5, 0.6) is 5.75 Å². The highest BCUT2D eigenvalue weighted by atomic mass is 32.2. The number of nitrogens with one attached hydrogen (secondary N) is 1. The van der Waals surface area contributed by atoms with E-state index in [4.69, 9.17) is 4.74 Å². The van der Waals surface area contributed by atoms with Gasteiger partial charge in [0.25, 0.3) is 0 Å². The molecule has 38 heavy (non-hydrogen) atoms. The Balaban J connectivity index is 1.21. The summed E-state index contributed by atoms with van der Waals surface area (Å²) in [7, 11) is 0. The van der Waals surface area contributed by atoms with Crippen LogP contribution in [0.15, 0.2) is 64.4 Å². The fourth-order valence-corrected chi connectivity index (χ4v) is 10.1. The van der Waals surface area contributed by atoms with Crippen LogP contribution < -0.4 is 9.61 Å². The standard InChI is InChI=1S/C28H24N2O6S2/c31-18(32)11-30-26(33)21-16-10-17(22(21)27(30)34)23-20(16)19(24-25(37-23)29-28(35)38-24)14-6-8-15(9-7-14)36-12-13-4-2-1-3-5-13/h1-9,16-17,19-23H,10-12H2,(H,29,35)(H,31,32)/t16-,17-,19-,20-,21+,22-,23+/m1/s1. The number of aromatic amines is 1. The molecule has 2 amide bonds. The first-order chi connectivity index (χ1) is 18.4. The van der Waals surface area contributed by atoms with Gasteiger partial charge < -0.3 is 14.8 Å². The number of H-pyrrole nitrogens is 1. The van der Waals surface area contributed by atoms with Gasteiger partial charge in [0, 0.05) is 16.0 Å². The van der Waals surface area contributed by atoms with Crippen LogP contribution >= 0.6 is 23.1 Å². The van der Waals surface area contributed by atoms with Gasteiger partial charge in [0.05, 0.1) is 16.9 Å². The zero-order valence-electron chi connectivity index (χ0n) is 20.1. The van der Waals surface area contributed by atoms with Crippen LogP contribution in [0.4, 0.5) is 0 Å². The Morgan fingerprint density at radius 3 is 2.42 bits per heavy atom. The van der Waals surface area contributed by atoms with E-state index < -0.39 is 24.3 Å². The van der Waals surface area contributed by atoms with Gasteiger partial charge in [-0.2, -0.15) is 0 Å². The van der Waals surface area contributed by atoms with E-state index in [-0.39, 0.29) is 45.6 Å². The van der Waals surface area contributed by atoms with Crippen molar-refractivity contribution in [3.63, 3.8) is 0 Å². The average Bonchev–Trinajstić information content (AvgIpc) is 3.64. The number of benzene rings is 2. The largest absolute Gasteiger partial charge is 0.489 e. The van der Waals surface area contributed by atoms with E-state index in [1.165, 1.54) is 11.3 Å². The van der Waals surface area contributed by atoms with E-state index in [1.807, 2.05) is 54.6 Å². The van der Waals surface area contributed by atoms with Crippen molar-refractivity contribution in [1.29, 1.82) is 0 Å². The minimum atomic E-state index is -1.18. The van der Waals surface area contributed by atoms with Crippen LogP contribution in [0.25, 0.3) is 0 Å². The molecule has 2 saturated carbocycles. The number of rotatable bonds is 6. The van der Waals surface area contributed by atoms with Crippen LogP contribution in [0, 0.1) is 29.6 Å². The molecular formula is C28H24N2O6S2. The van der Waals surface area contributed by atoms with Gasteiger partial charge in [0.15, 0.2) is 0 Å². The summed E-state index contributed by atoms with van der Waals surface area (Å²) in [4.78, 5) is 55.0. The number of aromatic nitrogens is 1. The second kappa shape index (κ2) is 8.84.